The summed E-state index contributed by atoms with van der Waals surface area (Å²) >= 11 is 1.21. The van der Waals surface area contributed by atoms with Crippen molar-refractivity contribution in [1.82, 2.24) is 5.32 Å². The largest absolute Gasteiger partial charge is 0.497 e. The smallest absolute Gasteiger partial charge is 0.306 e. The van der Waals surface area contributed by atoms with Crippen LogP contribution >= 0.6 is 11.8 Å². The molecule has 2 aromatic carbocycles. The second kappa shape index (κ2) is 9.84. The van der Waals surface area contributed by atoms with Gasteiger partial charge in [-0.2, -0.15) is 0 Å². The number of hydrogen-bond donors (Lipinski definition) is 2. The maximum atomic E-state index is 12.3. The fourth-order valence-corrected chi connectivity index (χ4v) is 3.40. The summed E-state index contributed by atoms with van der Waals surface area (Å²) in [6, 6.07) is 12.3. The topological polar surface area (TPSA) is 106 Å². The van der Waals surface area contributed by atoms with E-state index >= 15 is 0 Å². The number of thioether (sulfide) groups is 1. The number of amides is 1. The number of carbonyl (C=O) groups excluding carboxylic acids is 1. The average Bonchev–Trinajstić information content (AvgIpc) is 3.07. The molecule has 0 atom stereocenters. The van der Waals surface area contributed by atoms with Crippen molar-refractivity contribution in [2.75, 3.05) is 20.8 Å². The van der Waals surface area contributed by atoms with Crippen molar-refractivity contribution >= 4 is 40.6 Å². The molecule has 2 N–H and O–H groups in total. The van der Waals surface area contributed by atoms with Gasteiger partial charge in [0.1, 0.15) is 22.9 Å². The van der Waals surface area contributed by atoms with Gasteiger partial charge in [-0.3, -0.25) is 9.59 Å². The van der Waals surface area contributed by atoms with Crippen molar-refractivity contribution in [3.8, 4) is 17.2 Å². The fraction of sp³-hybridized carbons (Fsp3) is 0.190. The highest BCUT2D eigenvalue weighted by Gasteiger charge is 2.24. The molecule has 156 valence electrons. The van der Waals surface area contributed by atoms with Gasteiger partial charge in [0.2, 0.25) is 0 Å². The zero-order valence-electron chi connectivity index (χ0n) is 16.4. The number of rotatable bonds is 8. The van der Waals surface area contributed by atoms with E-state index in [1.807, 2.05) is 6.07 Å². The lowest BCUT2D eigenvalue weighted by Crippen LogP contribution is -2.19. The van der Waals surface area contributed by atoms with Crippen LogP contribution in [-0.4, -0.2) is 43.0 Å². The normalized spacial score (nSPS) is 15.9. The lowest BCUT2D eigenvalue weighted by atomic mass is 10.2. The Morgan fingerprint density at radius 2 is 2.00 bits per heavy atom. The molecule has 1 heterocycles. The number of benzene rings is 2. The molecule has 1 saturated heterocycles. The van der Waals surface area contributed by atoms with Crippen LogP contribution < -0.4 is 19.5 Å². The van der Waals surface area contributed by atoms with E-state index in [9.17, 15) is 9.59 Å². The van der Waals surface area contributed by atoms with Crippen LogP contribution in [0.15, 0.2) is 52.4 Å². The van der Waals surface area contributed by atoms with Gasteiger partial charge < -0.3 is 24.6 Å². The predicted octanol–water partition coefficient (Wildman–Crippen LogP) is 3.45. The Bertz CT molecular complexity index is 1020. The monoisotopic (exact) mass is 428 g/mol. The summed E-state index contributed by atoms with van der Waals surface area (Å²) in [7, 11) is 3.10. The quantitative estimate of drug-likeness (QED) is 0.620. The highest BCUT2D eigenvalue weighted by molar-refractivity contribution is 8.18. The van der Waals surface area contributed by atoms with E-state index in [1.54, 1.807) is 49.6 Å². The summed E-state index contributed by atoms with van der Waals surface area (Å²) in [6.07, 6.45) is 1.63. The minimum Gasteiger partial charge on any atom is -0.497 e. The summed E-state index contributed by atoms with van der Waals surface area (Å²) in [5, 5.41) is 11.9. The molecule has 1 amide bonds. The van der Waals surface area contributed by atoms with Crippen LogP contribution in [0.5, 0.6) is 17.2 Å². The van der Waals surface area contributed by atoms with Crippen LogP contribution in [0, 0.1) is 0 Å². The van der Waals surface area contributed by atoms with Crippen molar-refractivity contribution in [3.05, 3.63) is 52.9 Å². The third kappa shape index (κ3) is 5.54. The molecule has 2 aromatic rings. The molecule has 8 nitrogen and oxygen atoms in total. The standard InChI is InChI=1S/C21H20N2O6S/c1-27-14-6-7-16(17(12-14)28-2)22-21-23-20(26)18(30-21)11-13-4-3-5-15(10-13)29-9-8-19(24)25/h3-7,10-12H,8-9H2,1-2H3,(H,24,25)(H,22,23,26)/b18-11+. The third-order valence-corrected chi connectivity index (χ3v) is 4.91. The van der Waals surface area contributed by atoms with Gasteiger partial charge in [0, 0.05) is 6.07 Å². The number of nitrogens with zero attached hydrogens (tertiary/aromatic N) is 1. The van der Waals surface area contributed by atoms with Gasteiger partial charge in [-0.15, -0.1) is 0 Å². The molecule has 0 aromatic heterocycles. The maximum absolute atomic E-state index is 12.3. The van der Waals surface area contributed by atoms with E-state index in [0.717, 1.165) is 5.56 Å². The van der Waals surface area contributed by atoms with Gasteiger partial charge in [0.15, 0.2) is 5.17 Å². The van der Waals surface area contributed by atoms with Crippen LogP contribution in [0.4, 0.5) is 5.69 Å². The summed E-state index contributed by atoms with van der Waals surface area (Å²) in [5.74, 6) is 0.521. The first-order chi connectivity index (χ1) is 14.5. The molecule has 0 bridgehead atoms. The Morgan fingerprint density at radius 3 is 2.73 bits per heavy atom. The molecule has 0 radical (unpaired) electrons. The van der Waals surface area contributed by atoms with Crippen LogP contribution in [-0.2, 0) is 9.59 Å². The SMILES string of the molecule is COc1ccc(N=C2NC(=O)/C(=C\c3cccc(OCCC(=O)O)c3)S2)c(OC)c1. The number of aliphatic imine (C=N–C) groups is 1. The van der Waals surface area contributed by atoms with Gasteiger partial charge in [-0.05, 0) is 47.7 Å². The second-order valence-electron chi connectivity index (χ2n) is 6.08. The van der Waals surface area contributed by atoms with Crippen molar-refractivity contribution < 1.29 is 28.9 Å². The fourth-order valence-electron chi connectivity index (χ4n) is 2.57. The van der Waals surface area contributed by atoms with E-state index in [4.69, 9.17) is 19.3 Å². The summed E-state index contributed by atoms with van der Waals surface area (Å²) in [4.78, 5) is 27.9. The van der Waals surface area contributed by atoms with Crippen LogP contribution in [0.1, 0.15) is 12.0 Å². The Kier molecular flexibility index (Phi) is 6.97. The molecule has 0 unspecified atom stereocenters. The Balaban J connectivity index is 1.75. The van der Waals surface area contributed by atoms with Crippen molar-refractivity contribution in [3.63, 3.8) is 0 Å². The highest BCUT2D eigenvalue weighted by Crippen LogP contribution is 2.34. The third-order valence-electron chi connectivity index (χ3n) is 4.00. The molecule has 1 aliphatic rings. The van der Waals surface area contributed by atoms with Crippen molar-refractivity contribution in [1.29, 1.82) is 0 Å². The molecular formula is C21H20N2O6S. The second-order valence-corrected chi connectivity index (χ2v) is 7.11. The summed E-state index contributed by atoms with van der Waals surface area (Å²) in [6.45, 7) is 0.0745. The first-order valence-corrected chi connectivity index (χ1v) is 9.76. The van der Waals surface area contributed by atoms with Gasteiger partial charge >= 0.3 is 5.97 Å². The number of hydrogen-bond acceptors (Lipinski definition) is 7. The summed E-state index contributed by atoms with van der Waals surface area (Å²) < 4.78 is 15.9. The minimum absolute atomic E-state index is 0.0745. The molecule has 0 spiro atoms. The van der Waals surface area contributed by atoms with Gasteiger partial charge in [0.25, 0.3) is 5.91 Å². The van der Waals surface area contributed by atoms with Crippen LogP contribution in [0.2, 0.25) is 0 Å². The number of carboxylic acid groups (broad SMARTS) is 1. The molecule has 1 fully saturated rings. The zero-order valence-corrected chi connectivity index (χ0v) is 17.2. The molecule has 9 heteroatoms. The van der Waals surface area contributed by atoms with Gasteiger partial charge in [-0.25, -0.2) is 4.99 Å². The molecule has 1 aliphatic heterocycles. The number of ether oxygens (including phenoxy) is 3. The number of carboxylic acids is 1. The first kappa shape index (κ1) is 21.3. The van der Waals surface area contributed by atoms with Crippen LogP contribution in [0.25, 0.3) is 6.08 Å². The number of amidine groups is 1. The minimum atomic E-state index is -0.924. The Labute approximate surface area is 177 Å². The zero-order chi connectivity index (χ0) is 21.5. The molecule has 0 aliphatic carbocycles. The molecule has 3 rings (SSSR count). The lowest BCUT2D eigenvalue weighted by molar-refractivity contribution is -0.137. The average molecular weight is 428 g/mol. The van der Waals surface area contributed by atoms with Crippen LogP contribution in [0.3, 0.4) is 0 Å². The first-order valence-electron chi connectivity index (χ1n) is 8.95. The molecule has 30 heavy (non-hydrogen) atoms. The molecule has 0 saturated carbocycles. The van der Waals surface area contributed by atoms with Crippen molar-refractivity contribution in [2.45, 2.75) is 6.42 Å². The predicted molar refractivity (Wildman–Crippen MR) is 115 cm³/mol. The Morgan fingerprint density at radius 1 is 1.17 bits per heavy atom. The Hall–Kier alpha value is -3.46. The molecular weight excluding hydrogens is 408 g/mol. The number of aliphatic carboxylic acids is 1. The summed E-state index contributed by atoms with van der Waals surface area (Å²) in [5.41, 5.74) is 1.32. The van der Waals surface area contributed by atoms with E-state index in [-0.39, 0.29) is 18.9 Å². The lowest BCUT2D eigenvalue weighted by Gasteiger charge is -2.07. The van der Waals surface area contributed by atoms with Crippen molar-refractivity contribution in [2.24, 2.45) is 4.99 Å². The van der Waals surface area contributed by atoms with E-state index < -0.39 is 5.97 Å². The van der Waals surface area contributed by atoms with E-state index in [2.05, 4.69) is 10.3 Å². The maximum Gasteiger partial charge on any atom is 0.306 e. The van der Waals surface area contributed by atoms with Gasteiger partial charge in [0.05, 0.1) is 32.2 Å². The number of methoxy groups -OCH3 is 2. The highest BCUT2D eigenvalue weighted by atomic mass is 32.2. The van der Waals surface area contributed by atoms with E-state index in [1.165, 1.54) is 18.9 Å². The van der Waals surface area contributed by atoms with Gasteiger partial charge in [-0.1, -0.05) is 12.1 Å². The van der Waals surface area contributed by atoms with E-state index in [0.29, 0.717) is 33.0 Å². The number of carbonyl (C=O) groups is 2. The number of nitrogens with one attached hydrogen (secondary N) is 1.